The molecule has 2 aliphatic rings. The minimum absolute atomic E-state index is 0.0712. The minimum atomic E-state index is -2.91. The van der Waals surface area contributed by atoms with Gasteiger partial charge in [0.15, 0.2) is 12.4 Å². The number of alkyl halides is 3. The molecule has 3 heterocycles. The second kappa shape index (κ2) is 11.3. The molecule has 0 spiro atoms. The number of ketones is 1. The molecule has 0 aromatic carbocycles. The molecule has 4 rings (SSSR count). The Balaban J connectivity index is 1.19. The van der Waals surface area contributed by atoms with Crippen LogP contribution in [0.1, 0.15) is 68.4 Å². The van der Waals surface area contributed by atoms with Gasteiger partial charge in [0.2, 0.25) is 11.8 Å². The largest absolute Gasteiger partial charge is 0.471 e. The Bertz CT molecular complexity index is 1030. The van der Waals surface area contributed by atoms with Crippen molar-refractivity contribution in [2.45, 2.75) is 83.2 Å². The molecule has 10 heteroatoms. The number of carbonyl (C=O) groups is 1. The zero-order chi connectivity index (χ0) is 25.8. The van der Waals surface area contributed by atoms with Gasteiger partial charge in [-0.3, -0.25) is 4.79 Å². The molecule has 1 aliphatic heterocycles. The molecule has 7 nitrogen and oxygen atoms in total. The number of hydrogen-bond acceptors (Lipinski definition) is 7. The normalized spacial score (nSPS) is 23.2. The SMILES string of the molecule is Cc1nc(CC(=O)CC2CCC(F)(CCN3CCc4ccc(OCC(C)(F)F)nc4CC3)CC2)no1. The molecular weight excluding hydrogens is 473 g/mol. The molecule has 0 unspecified atom stereocenters. The van der Waals surface area contributed by atoms with Crippen LogP contribution in [0.3, 0.4) is 0 Å². The molecule has 0 atom stereocenters. The summed E-state index contributed by atoms with van der Waals surface area (Å²) in [4.78, 5) is 23.1. The van der Waals surface area contributed by atoms with E-state index in [9.17, 15) is 13.6 Å². The number of nitrogens with zero attached hydrogens (tertiary/aromatic N) is 4. The Kier molecular flexibility index (Phi) is 8.32. The van der Waals surface area contributed by atoms with Crippen molar-refractivity contribution in [3.63, 3.8) is 0 Å². The molecule has 2 aromatic heterocycles. The molecule has 198 valence electrons. The van der Waals surface area contributed by atoms with Gasteiger partial charge in [0.25, 0.3) is 5.92 Å². The zero-order valence-corrected chi connectivity index (χ0v) is 21.1. The molecule has 0 bridgehead atoms. The van der Waals surface area contributed by atoms with Gasteiger partial charge in [0, 0.05) is 58.1 Å². The lowest BCUT2D eigenvalue weighted by atomic mass is 9.76. The summed E-state index contributed by atoms with van der Waals surface area (Å²) >= 11 is 0. The monoisotopic (exact) mass is 508 g/mol. The maximum absolute atomic E-state index is 15.6. The topological polar surface area (TPSA) is 81.4 Å². The highest BCUT2D eigenvalue weighted by molar-refractivity contribution is 5.80. The van der Waals surface area contributed by atoms with Crippen LogP contribution in [0, 0.1) is 12.8 Å². The Morgan fingerprint density at radius 2 is 1.97 bits per heavy atom. The van der Waals surface area contributed by atoms with Crippen molar-refractivity contribution >= 4 is 5.78 Å². The van der Waals surface area contributed by atoms with Gasteiger partial charge in [-0.2, -0.15) is 4.98 Å². The lowest BCUT2D eigenvalue weighted by Crippen LogP contribution is -2.36. The lowest BCUT2D eigenvalue weighted by molar-refractivity contribution is -0.120. The van der Waals surface area contributed by atoms with Crippen LogP contribution in [0.25, 0.3) is 0 Å². The number of Topliss-reactive ketones (excluding diaryl/α,β-unsaturated/α-hetero) is 1. The van der Waals surface area contributed by atoms with Crippen molar-refractivity contribution < 1.29 is 27.2 Å². The minimum Gasteiger partial charge on any atom is -0.471 e. The number of aryl methyl sites for hydroxylation is 1. The van der Waals surface area contributed by atoms with Crippen LogP contribution in [-0.4, -0.2) is 63.6 Å². The van der Waals surface area contributed by atoms with E-state index in [1.54, 1.807) is 13.0 Å². The number of hydrogen-bond donors (Lipinski definition) is 0. The highest BCUT2D eigenvalue weighted by Crippen LogP contribution is 2.39. The van der Waals surface area contributed by atoms with E-state index >= 15 is 4.39 Å². The zero-order valence-electron chi connectivity index (χ0n) is 21.1. The molecule has 0 amide bonds. The van der Waals surface area contributed by atoms with Crippen LogP contribution in [0.2, 0.25) is 0 Å². The lowest BCUT2D eigenvalue weighted by Gasteiger charge is -2.35. The molecule has 1 fully saturated rings. The average Bonchev–Trinajstić information content (AvgIpc) is 3.11. The Labute approximate surface area is 209 Å². The predicted octanol–water partition coefficient (Wildman–Crippen LogP) is 4.70. The molecular formula is C26H35F3N4O3. The van der Waals surface area contributed by atoms with E-state index in [1.807, 2.05) is 6.07 Å². The van der Waals surface area contributed by atoms with Gasteiger partial charge in [0.05, 0.1) is 6.42 Å². The Morgan fingerprint density at radius 1 is 1.22 bits per heavy atom. The highest BCUT2D eigenvalue weighted by Gasteiger charge is 2.36. The maximum Gasteiger partial charge on any atom is 0.278 e. The van der Waals surface area contributed by atoms with E-state index in [4.69, 9.17) is 9.26 Å². The van der Waals surface area contributed by atoms with Crippen LogP contribution >= 0.6 is 0 Å². The summed E-state index contributed by atoms with van der Waals surface area (Å²) in [7, 11) is 0. The first kappa shape index (κ1) is 26.6. The predicted molar refractivity (Wildman–Crippen MR) is 127 cm³/mol. The van der Waals surface area contributed by atoms with E-state index in [0.29, 0.717) is 63.2 Å². The standard InChI is InChI=1S/C26H35F3N4O3/c1-18-30-23(32-36-18)16-21(34)15-19-5-9-26(29,10-6-19)11-14-33-12-7-20-3-4-24(31-22(20)8-13-33)35-17-25(2,27)28/h3-4,19H,5-17H2,1-2H3. The summed E-state index contributed by atoms with van der Waals surface area (Å²) in [5.41, 5.74) is 0.753. The van der Waals surface area contributed by atoms with Gasteiger partial charge in [-0.05, 0) is 50.0 Å². The first-order valence-electron chi connectivity index (χ1n) is 12.8. The smallest absolute Gasteiger partial charge is 0.278 e. The third-order valence-corrected chi connectivity index (χ3v) is 7.20. The summed E-state index contributed by atoms with van der Waals surface area (Å²) < 4.78 is 51.8. The van der Waals surface area contributed by atoms with Crippen molar-refractivity contribution in [2.24, 2.45) is 5.92 Å². The van der Waals surface area contributed by atoms with Gasteiger partial charge in [-0.25, -0.2) is 18.2 Å². The molecule has 0 radical (unpaired) electrons. The van der Waals surface area contributed by atoms with E-state index in [-0.39, 0.29) is 24.0 Å². The second-order valence-corrected chi connectivity index (χ2v) is 10.4. The fourth-order valence-corrected chi connectivity index (χ4v) is 5.10. The second-order valence-electron chi connectivity index (χ2n) is 10.4. The van der Waals surface area contributed by atoms with Crippen LogP contribution in [0.5, 0.6) is 5.88 Å². The fraction of sp³-hybridized carbons (Fsp3) is 0.692. The molecule has 0 saturated heterocycles. The fourth-order valence-electron chi connectivity index (χ4n) is 5.10. The number of fused-ring (bicyclic) bond motifs is 1. The first-order valence-corrected chi connectivity index (χ1v) is 12.8. The Morgan fingerprint density at radius 3 is 2.67 bits per heavy atom. The first-order chi connectivity index (χ1) is 17.1. The van der Waals surface area contributed by atoms with Gasteiger partial charge in [-0.15, -0.1) is 0 Å². The quantitative estimate of drug-likeness (QED) is 0.460. The molecule has 2 aromatic rings. The number of rotatable bonds is 10. The van der Waals surface area contributed by atoms with Gasteiger partial charge < -0.3 is 14.2 Å². The number of carbonyl (C=O) groups excluding carboxylic acids is 1. The number of pyridine rings is 1. The highest BCUT2D eigenvalue weighted by atomic mass is 19.3. The van der Waals surface area contributed by atoms with Gasteiger partial charge in [-0.1, -0.05) is 11.2 Å². The third-order valence-electron chi connectivity index (χ3n) is 7.20. The Hall–Kier alpha value is -2.49. The number of halogens is 3. The molecule has 1 aliphatic carbocycles. The van der Waals surface area contributed by atoms with E-state index in [0.717, 1.165) is 37.7 Å². The summed E-state index contributed by atoms with van der Waals surface area (Å²) in [5, 5.41) is 3.77. The summed E-state index contributed by atoms with van der Waals surface area (Å²) in [6.07, 6.45) is 4.91. The van der Waals surface area contributed by atoms with Crippen molar-refractivity contribution in [1.82, 2.24) is 20.0 Å². The molecule has 0 N–H and O–H groups in total. The summed E-state index contributed by atoms with van der Waals surface area (Å²) in [6, 6.07) is 3.54. The van der Waals surface area contributed by atoms with Crippen molar-refractivity contribution in [3.05, 3.63) is 35.1 Å². The molecule has 36 heavy (non-hydrogen) atoms. The van der Waals surface area contributed by atoms with Crippen LogP contribution in [0.4, 0.5) is 13.2 Å². The van der Waals surface area contributed by atoms with Crippen LogP contribution < -0.4 is 4.74 Å². The molecule has 1 saturated carbocycles. The van der Waals surface area contributed by atoms with Gasteiger partial charge >= 0.3 is 0 Å². The van der Waals surface area contributed by atoms with Crippen LogP contribution in [-0.2, 0) is 24.1 Å². The number of ether oxygens (including phenoxy) is 1. The van der Waals surface area contributed by atoms with E-state index in [1.165, 1.54) is 0 Å². The van der Waals surface area contributed by atoms with E-state index < -0.39 is 18.2 Å². The maximum atomic E-state index is 15.6. The third kappa shape index (κ3) is 7.75. The van der Waals surface area contributed by atoms with Crippen molar-refractivity contribution in [1.29, 1.82) is 0 Å². The van der Waals surface area contributed by atoms with Crippen LogP contribution in [0.15, 0.2) is 16.7 Å². The average molecular weight is 509 g/mol. The summed E-state index contributed by atoms with van der Waals surface area (Å²) in [6.45, 7) is 4.03. The van der Waals surface area contributed by atoms with Gasteiger partial charge in [0.1, 0.15) is 11.5 Å². The number of aromatic nitrogens is 3. The van der Waals surface area contributed by atoms with E-state index in [2.05, 4.69) is 20.0 Å². The summed E-state index contributed by atoms with van der Waals surface area (Å²) in [5.74, 6) is -1.56. The van der Waals surface area contributed by atoms with Crippen molar-refractivity contribution in [3.8, 4) is 5.88 Å². The van der Waals surface area contributed by atoms with Crippen molar-refractivity contribution in [2.75, 3.05) is 26.2 Å².